The summed E-state index contributed by atoms with van der Waals surface area (Å²) in [5, 5.41) is 3.37. The first-order valence-corrected chi connectivity index (χ1v) is 7.02. The van der Waals surface area contributed by atoms with E-state index in [1.807, 2.05) is 0 Å². The van der Waals surface area contributed by atoms with Crippen LogP contribution in [0, 0.1) is 6.92 Å². The fourth-order valence-corrected chi connectivity index (χ4v) is 2.13. The summed E-state index contributed by atoms with van der Waals surface area (Å²) in [4.78, 5) is 0. The van der Waals surface area contributed by atoms with Crippen molar-refractivity contribution in [3.63, 3.8) is 0 Å². The Morgan fingerprint density at radius 3 is 2.50 bits per heavy atom. The Hall–Kier alpha value is -1.02. The van der Waals surface area contributed by atoms with E-state index in [-0.39, 0.29) is 6.10 Å². The average Bonchev–Trinajstić information content (AvgIpc) is 2.28. The maximum Gasteiger partial charge on any atom is 0.120 e. The summed E-state index contributed by atoms with van der Waals surface area (Å²) in [6, 6.07) is 6.41. The summed E-state index contributed by atoms with van der Waals surface area (Å²) >= 11 is 0. The summed E-state index contributed by atoms with van der Waals surface area (Å²) in [7, 11) is 0. The van der Waals surface area contributed by atoms with Crippen LogP contribution >= 0.6 is 0 Å². The number of nitrogens with one attached hydrogen (secondary N) is 1. The lowest BCUT2D eigenvalue weighted by molar-refractivity contribution is 0.217. The number of hydrogen-bond donors (Lipinski definition) is 1. The van der Waals surface area contributed by atoms with Gasteiger partial charge < -0.3 is 10.1 Å². The molecule has 0 spiro atoms. The summed E-state index contributed by atoms with van der Waals surface area (Å²) in [6.45, 7) is 12.8. The molecule has 1 rings (SSSR count). The largest absolute Gasteiger partial charge is 0.489 e. The molecule has 0 heterocycles. The smallest absolute Gasteiger partial charge is 0.120 e. The molecule has 0 saturated carbocycles. The van der Waals surface area contributed by atoms with Gasteiger partial charge in [0.25, 0.3) is 0 Å². The SMILES string of the molecule is CCCNCC(C)Oc1ccc(C(C)C)c(C)c1. The third-order valence-electron chi connectivity index (χ3n) is 3.06. The highest BCUT2D eigenvalue weighted by Crippen LogP contribution is 2.23. The first-order valence-electron chi connectivity index (χ1n) is 7.02. The van der Waals surface area contributed by atoms with Gasteiger partial charge in [-0.05, 0) is 56.0 Å². The van der Waals surface area contributed by atoms with E-state index in [1.54, 1.807) is 0 Å². The van der Waals surface area contributed by atoms with Gasteiger partial charge in [0.05, 0.1) is 0 Å². The van der Waals surface area contributed by atoms with Gasteiger partial charge in [0.2, 0.25) is 0 Å². The summed E-state index contributed by atoms with van der Waals surface area (Å²) in [5.74, 6) is 1.55. The van der Waals surface area contributed by atoms with E-state index in [0.29, 0.717) is 5.92 Å². The standard InChI is InChI=1S/C16H27NO/c1-6-9-17-11-14(5)18-15-7-8-16(12(2)3)13(4)10-15/h7-8,10,12,14,17H,6,9,11H2,1-5H3. The lowest BCUT2D eigenvalue weighted by Crippen LogP contribution is -2.29. The molecule has 18 heavy (non-hydrogen) atoms. The maximum absolute atomic E-state index is 5.91. The fraction of sp³-hybridized carbons (Fsp3) is 0.625. The predicted molar refractivity (Wildman–Crippen MR) is 78.5 cm³/mol. The molecular weight excluding hydrogens is 222 g/mol. The zero-order chi connectivity index (χ0) is 13.5. The van der Waals surface area contributed by atoms with Crippen LogP contribution in [0.3, 0.4) is 0 Å². The van der Waals surface area contributed by atoms with Crippen LogP contribution in [0.25, 0.3) is 0 Å². The van der Waals surface area contributed by atoms with Crippen molar-refractivity contribution in [2.75, 3.05) is 13.1 Å². The maximum atomic E-state index is 5.91. The summed E-state index contributed by atoms with van der Waals surface area (Å²) in [6.07, 6.45) is 1.37. The minimum Gasteiger partial charge on any atom is -0.489 e. The molecule has 0 amide bonds. The molecule has 0 saturated heterocycles. The molecule has 102 valence electrons. The van der Waals surface area contributed by atoms with E-state index in [0.717, 1.165) is 25.3 Å². The number of rotatable bonds is 7. The van der Waals surface area contributed by atoms with E-state index in [4.69, 9.17) is 4.74 Å². The van der Waals surface area contributed by atoms with Crippen LogP contribution in [0.5, 0.6) is 5.75 Å². The molecule has 1 atom stereocenters. The molecule has 0 aliphatic heterocycles. The van der Waals surface area contributed by atoms with Crippen molar-refractivity contribution in [3.8, 4) is 5.75 Å². The molecule has 0 aliphatic carbocycles. The second-order valence-corrected chi connectivity index (χ2v) is 5.31. The van der Waals surface area contributed by atoms with Gasteiger partial charge in [-0.2, -0.15) is 0 Å². The van der Waals surface area contributed by atoms with E-state index in [9.17, 15) is 0 Å². The Bertz CT molecular complexity index is 360. The van der Waals surface area contributed by atoms with Gasteiger partial charge in [0.15, 0.2) is 0 Å². The van der Waals surface area contributed by atoms with Crippen LogP contribution in [-0.4, -0.2) is 19.2 Å². The van der Waals surface area contributed by atoms with Gasteiger partial charge >= 0.3 is 0 Å². The van der Waals surface area contributed by atoms with Crippen LogP contribution in [-0.2, 0) is 0 Å². The highest BCUT2D eigenvalue weighted by Gasteiger charge is 2.07. The highest BCUT2D eigenvalue weighted by molar-refractivity contribution is 5.36. The van der Waals surface area contributed by atoms with Crippen LogP contribution in [0.2, 0.25) is 0 Å². The normalized spacial score (nSPS) is 12.8. The Labute approximate surface area is 112 Å². The van der Waals surface area contributed by atoms with Crippen molar-refractivity contribution >= 4 is 0 Å². The van der Waals surface area contributed by atoms with Crippen LogP contribution < -0.4 is 10.1 Å². The number of benzene rings is 1. The van der Waals surface area contributed by atoms with E-state index < -0.39 is 0 Å². The third-order valence-corrected chi connectivity index (χ3v) is 3.06. The zero-order valence-electron chi connectivity index (χ0n) is 12.4. The topological polar surface area (TPSA) is 21.3 Å². The Morgan fingerprint density at radius 1 is 1.22 bits per heavy atom. The summed E-state index contributed by atoms with van der Waals surface area (Å²) in [5.41, 5.74) is 2.72. The van der Waals surface area contributed by atoms with Crippen molar-refractivity contribution in [2.24, 2.45) is 0 Å². The number of aryl methyl sites for hydroxylation is 1. The lowest BCUT2D eigenvalue weighted by Gasteiger charge is -2.17. The molecule has 2 heteroatoms. The molecule has 2 nitrogen and oxygen atoms in total. The summed E-state index contributed by atoms with van der Waals surface area (Å²) < 4.78 is 5.91. The molecule has 0 fully saturated rings. The second kappa shape index (κ2) is 7.42. The van der Waals surface area contributed by atoms with Gasteiger partial charge in [0, 0.05) is 6.54 Å². The second-order valence-electron chi connectivity index (χ2n) is 5.31. The Morgan fingerprint density at radius 2 is 1.94 bits per heavy atom. The monoisotopic (exact) mass is 249 g/mol. The third kappa shape index (κ3) is 4.69. The van der Waals surface area contributed by atoms with Gasteiger partial charge in [-0.25, -0.2) is 0 Å². The van der Waals surface area contributed by atoms with Crippen molar-refractivity contribution in [1.29, 1.82) is 0 Å². The Kier molecular flexibility index (Phi) is 6.20. The van der Waals surface area contributed by atoms with Gasteiger partial charge in [-0.1, -0.05) is 26.8 Å². The van der Waals surface area contributed by atoms with E-state index in [1.165, 1.54) is 11.1 Å². The molecule has 1 aromatic rings. The fourth-order valence-electron chi connectivity index (χ4n) is 2.13. The first kappa shape index (κ1) is 15.0. The van der Waals surface area contributed by atoms with Gasteiger partial charge in [-0.15, -0.1) is 0 Å². The van der Waals surface area contributed by atoms with Gasteiger partial charge in [-0.3, -0.25) is 0 Å². The molecular formula is C16H27NO. The minimum atomic E-state index is 0.209. The quantitative estimate of drug-likeness (QED) is 0.740. The van der Waals surface area contributed by atoms with Crippen molar-refractivity contribution in [2.45, 2.75) is 53.1 Å². The van der Waals surface area contributed by atoms with E-state index in [2.05, 4.69) is 58.1 Å². The molecule has 0 aliphatic rings. The number of ether oxygens (including phenoxy) is 1. The molecule has 1 N–H and O–H groups in total. The zero-order valence-corrected chi connectivity index (χ0v) is 12.4. The van der Waals surface area contributed by atoms with Crippen molar-refractivity contribution < 1.29 is 4.74 Å². The molecule has 0 radical (unpaired) electrons. The van der Waals surface area contributed by atoms with E-state index >= 15 is 0 Å². The molecule has 1 unspecified atom stereocenters. The van der Waals surface area contributed by atoms with Crippen LogP contribution in [0.4, 0.5) is 0 Å². The van der Waals surface area contributed by atoms with Gasteiger partial charge in [0.1, 0.15) is 11.9 Å². The Balaban J connectivity index is 2.55. The molecule has 0 aromatic heterocycles. The number of hydrogen-bond acceptors (Lipinski definition) is 2. The van der Waals surface area contributed by atoms with Crippen LogP contribution in [0.15, 0.2) is 18.2 Å². The van der Waals surface area contributed by atoms with Crippen molar-refractivity contribution in [1.82, 2.24) is 5.32 Å². The highest BCUT2D eigenvalue weighted by atomic mass is 16.5. The average molecular weight is 249 g/mol. The first-order chi connectivity index (χ1) is 8.54. The van der Waals surface area contributed by atoms with Crippen molar-refractivity contribution in [3.05, 3.63) is 29.3 Å². The minimum absolute atomic E-state index is 0.209. The predicted octanol–water partition coefficient (Wildman–Crippen LogP) is 3.89. The molecule has 0 bridgehead atoms. The lowest BCUT2D eigenvalue weighted by atomic mass is 9.98. The van der Waals surface area contributed by atoms with Crippen LogP contribution in [0.1, 0.15) is 51.2 Å². The molecule has 1 aromatic carbocycles.